The predicted molar refractivity (Wildman–Crippen MR) is 232 cm³/mol. The molecule has 1 aliphatic heterocycles. The molecule has 5 aromatic rings. The Hall–Kier alpha value is -4.79. The topological polar surface area (TPSA) is 130 Å². The largest absolute Gasteiger partial charge is 0.488 e. The first-order valence-corrected chi connectivity index (χ1v) is 23.7. The van der Waals surface area contributed by atoms with Crippen molar-refractivity contribution in [2.75, 3.05) is 19.8 Å². The van der Waals surface area contributed by atoms with Crippen LogP contribution in [0.25, 0.3) is 33.6 Å². The van der Waals surface area contributed by atoms with Gasteiger partial charge in [0.1, 0.15) is 41.2 Å². The second-order valence-electron chi connectivity index (χ2n) is 18.9. The van der Waals surface area contributed by atoms with E-state index in [2.05, 4.69) is 51.4 Å². The smallest absolute Gasteiger partial charge is 0.408 e. The van der Waals surface area contributed by atoms with Crippen molar-refractivity contribution in [1.29, 1.82) is 0 Å². The summed E-state index contributed by atoms with van der Waals surface area (Å²) in [6.45, 7) is 21.0. The molecule has 2 aliphatic rings. The highest BCUT2D eigenvalue weighted by Gasteiger charge is 2.49. The summed E-state index contributed by atoms with van der Waals surface area (Å²) in [6, 6.07) is 5.77. The standard InChI is InChI=1S/C45H61F2N7O5Si/c1-25(2)60(26(3)4,27(5)6)44-48-22-33(58-44)16-28(7)57-38-19-31(47)17-30-18-37(54(39(30)38)23-29-12-13-29)41-51-36-20-34-35(50-40(36)52(41)11)14-15-53(42(34)55)24-32(21-46)49-43(56)59-45(8,9)10/h17-20,22,25-29,32H,12-16,21,23-24H2,1-11H3,(H,49,56)/t28?,32-/m1/s1. The van der Waals surface area contributed by atoms with Gasteiger partial charge >= 0.3 is 6.09 Å². The van der Waals surface area contributed by atoms with Crippen molar-refractivity contribution in [1.82, 2.24) is 34.3 Å². The molecule has 1 unspecified atom stereocenters. The Bertz CT molecular complexity index is 2370. The molecule has 324 valence electrons. The molecule has 60 heavy (non-hydrogen) atoms. The molecule has 12 nitrogen and oxygen atoms in total. The third-order valence-electron chi connectivity index (χ3n) is 12.3. The monoisotopic (exact) mass is 845 g/mol. The third kappa shape index (κ3) is 8.42. The van der Waals surface area contributed by atoms with E-state index in [4.69, 9.17) is 28.8 Å². The zero-order valence-electron chi connectivity index (χ0n) is 37.0. The van der Waals surface area contributed by atoms with Crippen LogP contribution < -0.4 is 15.6 Å². The van der Waals surface area contributed by atoms with E-state index in [-0.39, 0.29) is 18.6 Å². The Morgan fingerprint density at radius 1 is 1.03 bits per heavy atom. The number of imidazole rings is 1. The van der Waals surface area contributed by atoms with Crippen molar-refractivity contribution in [2.24, 2.45) is 13.0 Å². The van der Waals surface area contributed by atoms with Crippen LogP contribution in [0.2, 0.25) is 16.6 Å². The van der Waals surface area contributed by atoms with Gasteiger partial charge in [0.05, 0.1) is 34.7 Å². The van der Waals surface area contributed by atoms with Crippen LogP contribution in [0, 0.1) is 11.7 Å². The van der Waals surface area contributed by atoms with Crippen LogP contribution >= 0.6 is 0 Å². The fourth-order valence-corrected chi connectivity index (χ4v) is 15.6. The molecule has 0 radical (unpaired) electrons. The van der Waals surface area contributed by atoms with Crippen LogP contribution in [-0.2, 0) is 31.2 Å². The van der Waals surface area contributed by atoms with Crippen molar-refractivity contribution in [3.8, 4) is 17.3 Å². The lowest BCUT2D eigenvalue weighted by molar-refractivity contribution is 0.0465. The number of carbonyl (C=O) groups excluding carboxylic acids is 2. The van der Waals surface area contributed by atoms with Crippen molar-refractivity contribution in [2.45, 2.75) is 136 Å². The minimum atomic E-state index is -2.08. The number of alkyl carbamates (subject to hydrolysis) is 1. The molecule has 2 atom stereocenters. The Morgan fingerprint density at radius 3 is 2.37 bits per heavy atom. The zero-order chi connectivity index (χ0) is 43.4. The van der Waals surface area contributed by atoms with Crippen LogP contribution in [-0.4, -0.2) is 86.6 Å². The van der Waals surface area contributed by atoms with Crippen LogP contribution in [0.1, 0.15) is 104 Å². The molecule has 0 bridgehead atoms. The average molecular weight is 846 g/mol. The van der Waals surface area contributed by atoms with Crippen LogP contribution in [0.15, 0.2) is 34.9 Å². The fourth-order valence-electron chi connectivity index (χ4n) is 9.56. The van der Waals surface area contributed by atoms with Gasteiger partial charge in [-0.3, -0.25) is 4.79 Å². The normalized spacial score (nSPS) is 16.1. The molecule has 0 saturated heterocycles. The highest BCUT2D eigenvalue weighted by atomic mass is 28.3. The van der Waals surface area contributed by atoms with Crippen LogP contribution in [0.3, 0.4) is 0 Å². The highest BCUT2D eigenvalue weighted by molar-refractivity contribution is 6.93. The van der Waals surface area contributed by atoms with Gasteiger partial charge in [0.25, 0.3) is 5.91 Å². The van der Waals surface area contributed by atoms with Gasteiger partial charge in [-0.2, -0.15) is 0 Å². The molecular weight excluding hydrogens is 785 g/mol. The second-order valence-corrected chi connectivity index (χ2v) is 24.7. The highest BCUT2D eigenvalue weighted by Crippen LogP contribution is 2.42. The number of amides is 2. The molecule has 2 amide bonds. The molecule has 1 saturated carbocycles. The number of rotatable bonds is 15. The quantitative estimate of drug-likeness (QED) is 0.104. The van der Waals surface area contributed by atoms with E-state index in [0.717, 1.165) is 35.3 Å². The summed E-state index contributed by atoms with van der Waals surface area (Å²) in [6.07, 6.45) is 3.89. The molecule has 0 spiro atoms. The first-order chi connectivity index (χ1) is 28.3. The van der Waals surface area contributed by atoms with E-state index in [1.54, 1.807) is 26.8 Å². The maximum atomic E-state index is 15.4. The number of aryl methyl sites for hydroxylation is 1. The molecule has 15 heteroatoms. The van der Waals surface area contributed by atoms with E-state index < -0.39 is 38.3 Å². The van der Waals surface area contributed by atoms with E-state index in [1.165, 1.54) is 17.0 Å². The summed E-state index contributed by atoms with van der Waals surface area (Å²) in [5.74, 6) is 1.60. The number of carbonyl (C=O) groups is 2. The summed E-state index contributed by atoms with van der Waals surface area (Å²) in [4.78, 5) is 42.5. The van der Waals surface area contributed by atoms with Crippen molar-refractivity contribution >= 4 is 47.7 Å². The van der Waals surface area contributed by atoms with Crippen molar-refractivity contribution < 1.29 is 32.3 Å². The first kappa shape index (κ1) is 43.3. The summed E-state index contributed by atoms with van der Waals surface area (Å²) in [5, 5.41) is 3.25. The molecule has 5 heterocycles. The van der Waals surface area contributed by atoms with Gasteiger partial charge in [-0.25, -0.2) is 28.5 Å². The Morgan fingerprint density at radius 2 is 1.73 bits per heavy atom. The molecule has 1 aliphatic carbocycles. The van der Waals surface area contributed by atoms with E-state index in [9.17, 15) is 14.0 Å². The molecule has 1 N–H and O–H groups in total. The third-order valence-corrected chi connectivity index (χ3v) is 19.0. The van der Waals surface area contributed by atoms with Gasteiger partial charge in [0, 0.05) is 51.0 Å². The summed E-state index contributed by atoms with van der Waals surface area (Å²) in [5.41, 5.74) is 5.27. The Kier molecular flexibility index (Phi) is 12.0. The maximum Gasteiger partial charge on any atom is 0.408 e. The number of fused-ring (bicyclic) bond motifs is 3. The number of oxazole rings is 1. The van der Waals surface area contributed by atoms with Gasteiger partial charge in [0.2, 0.25) is 0 Å². The summed E-state index contributed by atoms with van der Waals surface area (Å²) in [7, 11) is -0.182. The first-order valence-electron chi connectivity index (χ1n) is 21.5. The Balaban J connectivity index is 1.18. The van der Waals surface area contributed by atoms with Crippen LogP contribution in [0.4, 0.5) is 13.6 Å². The van der Waals surface area contributed by atoms with Gasteiger partial charge in [-0.15, -0.1) is 0 Å². The Labute approximate surface area is 352 Å². The van der Waals surface area contributed by atoms with Gasteiger partial charge in [-0.05, 0) is 81.3 Å². The molecule has 4 aromatic heterocycles. The number of alkyl halides is 1. The summed E-state index contributed by atoms with van der Waals surface area (Å²) >= 11 is 0. The number of ether oxygens (including phenoxy) is 2. The van der Waals surface area contributed by atoms with Crippen molar-refractivity contribution in [3.05, 3.63) is 53.3 Å². The number of halogens is 2. The lowest BCUT2D eigenvalue weighted by atomic mass is 10.0. The fraction of sp³-hybridized carbons (Fsp3) is 0.578. The lowest BCUT2D eigenvalue weighted by Gasteiger charge is -2.39. The molecule has 1 aromatic carbocycles. The maximum absolute atomic E-state index is 15.4. The van der Waals surface area contributed by atoms with E-state index in [1.807, 2.05) is 30.8 Å². The number of hydrogen-bond acceptors (Lipinski definition) is 8. The SMILES string of the molecule is CC(Cc1cnc([Si](C(C)C)(C(C)C)C(C)C)o1)Oc1cc(F)cc2cc(-c3nc4cc5c(nc4n3C)CCN(C[C@@H](CF)NC(=O)OC(C)(C)C)C5=O)n(CC3CC3)c12. The minimum absolute atomic E-state index is 0.0174. The van der Waals surface area contributed by atoms with E-state index >= 15 is 4.39 Å². The molecule has 1 fully saturated rings. The van der Waals surface area contributed by atoms with Crippen LogP contribution in [0.5, 0.6) is 5.75 Å². The minimum Gasteiger partial charge on any atom is -0.488 e. The zero-order valence-corrected chi connectivity index (χ0v) is 38.0. The van der Waals surface area contributed by atoms with Crippen molar-refractivity contribution in [3.63, 3.8) is 0 Å². The van der Waals surface area contributed by atoms with Gasteiger partial charge in [0.15, 0.2) is 25.1 Å². The van der Waals surface area contributed by atoms with Gasteiger partial charge < -0.3 is 33.2 Å². The second kappa shape index (κ2) is 16.6. The number of aromatic nitrogens is 5. The number of pyridine rings is 1. The lowest BCUT2D eigenvalue weighted by Crippen LogP contribution is -2.56. The molecule has 7 rings (SSSR count). The van der Waals surface area contributed by atoms with Gasteiger partial charge in [-0.1, -0.05) is 41.5 Å². The summed E-state index contributed by atoms with van der Waals surface area (Å²) < 4.78 is 52.1. The van der Waals surface area contributed by atoms with E-state index in [0.29, 0.717) is 87.9 Å². The average Bonchev–Trinajstić information content (AvgIpc) is 3.60. The number of benzene rings is 1. The predicted octanol–water partition coefficient (Wildman–Crippen LogP) is 8.88. The number of hydrogen-bond donors (Lipinski definition) is 1. The molecular formula is C45H61F2N7O5Si. The number of nitrogens with one attached hydrogen (secondary N) is 1. The number of nitrogens with zero attached hydrogens (tertiary/aromatic N) is 6.